The van der Waals surface area contributed by atoms with E-state index >= 15 is 0 Å². The summed E-state index contributed by atoms with van der Waals surface area (Å²) >= 11 is 6.24. The van der Waals surface area contributed by atoms with Gasteiger partial charge in [-0.2, -0.15) is 0 Å². The Morgan fingerprint density at radius 1 is 0.962 bits per heavy atom. The fourth-order valence-corrected chi connectivity index (χ4v) is 3.94. The largest absolute Gasteiger partial charge is 0.350 e. The van der Waals surface area contributed by atoms with E-state index in [4.69, 9.17) is 11.6 Å². The van der Waals surface area contributed by atoms with E-state index < -0.39 is 11.6 Å². The summed E-state index contributed by atoms with van der Waals surface area (Å²) in [5.74, 6) is -1.62. The first kappa shape index (κ1) is 17.3. The Morgan fingerprint density at radius 3 is 2.65 bits per heavy atom. The summed E-state index contributed by atoms with van der Waals surface area (Å²) < 4.78 is 29.2. The van der Waals surface area contributed by atoms with Gasteiger partial charge in [-0.15, -0.1) is 0 Å². The highest BCUT2D eigenvalue weighted by atomic mass is 35.5. The highest BCUT2D eigenvalue weighted by Crippen LogP contribution is 2.34. The monoisotopic (exact) mass is 372 g/mol. The predicted octanol–water partition coefficient (Wildman–Crippen LogP) is 5.42. The minimum absolute atomic E-state index is 0.0133. The average Bonchev–Trinajstić information content (AvgIpc) is 3.00. The molecule has 0 saturated heterocycles. The molecule has 0 fully saturated rings. The molecule has 26 heavy (non-hydrogen) atoms. The molecule has 1 aliphatic heterocycles. The fraction of sp³-hybridized carbons (Fsp3) is 0.238. The van der Waals surface area contributed by atoms with Crippen molar-refractivity contribution in [3.63, 3.8) is 0 Å². The van der Waals surface area contributed by atoms with Crippen LogP contribution in [-0.2, 0) is 13.1 Å². The Balaban J connectivity index is 1.74. The van der Waals surface area contributed by atoms with Gasteiger partial charge in [0.05, 0.1) is 6.04 Å². The molecule has 2 aromatic carbocycles. The van der Waals surface area contributed by atoms with Crippen molar-refractivity contribution in [1.82, 2.24) is 9.47 Å². The number of aryl methyl sites for hydroxylation is 1. The lowest BCUT2D eigenvalue weighted by atomic mass is 10.0. The molecule has 3 aromatic rings. The third kappa shape index (κ3) is 3.39. The summed E-state index contributed by atoms with van der Waals surface area (Å²) in [6, 6.07) is 16.2. The van der Waals surface area contributed by atoms with Crippen molar-refractivity contribution < 1.29 is 8.78 Å². The Hall–Kier alpha value is -2.17. The zero-order valence-electron chi connectivity index (χ0n) is 14.2. The number of benzene rings is 2. The maximum absolute atomic E-state index is 13.7. The van der Waals surface area contributed by atoms with Gasteiger partial charge in [0.25, 0.3) is 0 Å². The van der Waals surface area contributed by atoms with Gasteiger partial charge >= 0.3 is 0 Å². The van der Waals surface area contributed by atoms with Crippen LogP contribution in [-0.4, -0.2) is 16.0 Å². The van der Waals surface area contributed by atoms with E-state index in [-0.39, 0.29) is 6.04 Å². The maximum Gasteiger partial charge on any atom is 0.159 e. The molecule has 0 saturated carbocycles. The molecule has 0 bridgehead atoms. The number of hydrogen-bond acceptors (Lipinski definition) is 1. The molecule has 1 aliphatic rings. The number of hydrogen-bond donors (Lipinski definition) is 0. The molecule has 2 nitrogen and oxygen atoms in total. The average molecular weight is 373 g/mol. The van der Waals surface area contributed by atoms with Crippen LogP contribution < -0.4 is 0 Å². The predicted molar refractivity (Wildman–Crippen MR) is 99.1 cm³/mol. The van der Waals surface area contributed by atoms with Crippen molar-refractivity contribution in [3.8, 4) is 0 Å². The summed E-state index contributed by atoms with van der Waals surface area (Å²) in [7, 11) is 0. The van der Waals surface area contributed by atoms with Gasteiger partial charge < -0.3 is 4.57 Å². The topological polar surface area (TPSA) is 8.17 Å². The van der Waals surface area contributed by atoms with Crippen LogP contribution in [0.5, 0.6) is 0 Å². The molecule has 0 amide bonds. The van der Waals surface area contributed by atoms with Crippen LogP contribution in [0.1, 0.15) is 29.3 Å². The zero-order chi connectivity index (χ0) is 18.1. The lowest BCUT2D eigenvalue weighted by Gasteiger charge is -2.31. The molecule has 0 N–H and O–H groups in total. The molecule has 1 aromatic heterocycles. The van der Waals surface area contributed by atoms with E-state index in [0.29, 0.717) is 11.6 Å². The van der Waals surface area contributed by atoms with E-state index in [1.54, 1.807) is 6.07 Å². The Kier molecular flexibility index (Phi) is 4.79. The van der Waals surface area contributed by atoms with Gasteiger partial charge in [0.2, 0.25) is 0 Å². The van der Waals surface area contributed by atoms with E-state index in [1.807, 2.05) is 24.3 Å². The third-order valence-corrected chi connectivity index (χ3v) is 5.12. The first-order chi connectivity index (χ1) is 12.6. The van der Waals surface area contributed by atoms with Crippen LogP contribution in [0.25, 0.3) is 0 Å². The van der Waals surface area contributed by atoms with Crippen molar-refractivity contribution in [2.45, 2.75) is 25.6 Å². The van der Waals surface area contributed by atoms with Crippen LogP contribution in [0.15, 0.2) is 60.8 Å². The van der Waals surface area contributed by atoms with Gasteiger partial charge in [-0.1, -0.05) is 29.8 Å². The zero-order valence-corrected chi connectivity index (χ0v) is 15.0. The highest BCUT2D eigenvalue weighted by Gasteiger charge is 2.27. The van der Waals surface area contributed by atoms with Crippen molar-refractivity contribution in [2.24, 2.45) is 0 Å². The summed E-state index contributed by atoms with van der Waals surface area (Å²) in [5, 5.41) is 0.692. The normalized spacial score (nSPS) is 17.7. The lowest BCUT2D eigenvalue weighted by molar-refractivity contribution is 0.220. The molecule has 1 atom stereocenters. The summed E-state index contributed by atoms with van der Waals surface area (Å²) in [4.78, 5) is 2.30. The van der Waals surface area contributed by atoms with Crippen molar-refractivity contribution >= 4 is 11.6 Å². The number of nitrogens with zero attached hydrogens (tertiary/aromatic N) is 2. The second kappa shape index (κ2) is 7.22. The number of rotatable bonds is 3. The molecule has 0 unspecified atom stereocenters. The molecule has 5 heteroatoms. The molecule has 0 aliphatic carbocycles. The van der Waals surface area contributed by atoms with Gasteiger partial charge in [0.1, 0.15) is 0 Å². The Morgan fingerprint density at radius 2 is 1.85 bits per heavy atom. The van der Waals surface area contributed by atoms with E-state index in [1.165, 1.54) is 17.8 Å². The molecule has 2 heterocycles. The second-order valence-electron chi connectivity index (χ2n) is 6.66. The molecule has 0 spiro atoms. The number of halogens is 3. The molecule has 4 rings (SSSR count). The van der Waals surface area contributed by atoms with Crippen LogP contribution in [0, 0.1) is 11.6 Å². The molecular weight excluding hydrogens is 354 g/mol. The molecular formula is C21H19ClF2N2. The van der Waals surface area contributed by atoms with Gasteiger partial charge in [0, 0.05) is 36.5 Å². The lowest BCUT2D eigenvalue weighted by Crippen LogP contribution is -2.29. The van der Waals surface area contributed by atoms with Crippen LogP contribution in [0.2, 0.25) is 5.02 Å². The fourth-order valence-electron chi connectivity index (χ4n) is 3.74. The van der Waals surface area contributed by atoms with E-state index in [2.05, 4.69) is 27.8 Å². The maximum atomic E-state index is 13.7. The Bertz CT molecular complexity index is 922. The van der Waals surface area contributed by atoms with E-state index in [9.17, 15) is 8.78 Å². The Labute approximate surface area is 156 Å². The highest BCUT2D eigenvalue weighted by molar-refractivity contribution is 6.30. The third-order valence-electron chi connectivity index (χ3n) is 4.89. The van der Waals surface area contributed by atoms with E-state index in [0.717, 1.165) is 30.6 Å². The van der Waals surface area contributed by atoms with Crippen LogP contribution in [0.4, 0.5) is 8.78 Å². The van der Waals surface area contributed by atoms with Crippen molar-refractivity contribution in [3.05, 3.63) is 94.3 Å². The van der Waals surface area contributed by atoms with Crippen molar-refractivity contribution in [2.75, 3.05) is 6.54 Å². The minimum atomic E-state index is -0.815. The molecule has 134 valence electrons. The number of aromatic nitrogens is 1. The first-order valence-corrected chi connectivity index (χ1v) is 9.08. The molecule has 0 radical (unpaired) electrons. The van der Waals surface area contributed by atoms with Crippen LogP contribution >= 0.6 is 11.6 Å². The summed E-state index contributed by atoms with van der Waals surface area (Å²) in [5.41, 5.74) is 3.05. The number of fused-ring (bicyclic) bond motifs is 1. The smallest absolute Gasteiger partial charge is 0.159 e. The first-order valence-electron chi connectivity index (χ1n) is 8.70. The van der Waals surface area contributed by atoms with Gasteiger partial charge in [-0.3, -0.25) is 4.90 Å². The minimum Gasteiger partial charge on any atom is -0.350 e. The van der Waals surface area contributed by atoms with Crippen molar-refractivity contribution in [1.29, 1.82) is 0 Å². The second-order valence-corrected chi connectivity index (χ2v) is 7.09. The standard InChI is InChI=1S/C21H19ClF2N2/c22-17-5-1-4-16(13-17)21-20-6-2-9-25(20)10-3-11-26(21)14-15-7-8-18(23)19(24)12-15/h1-2,4-9,12-13,21H,3,10-11,14H2/t21-/m0/s1. The van der Waals surface area contributed by atoms with Gasteiger partial charge in [-0.25, -0.2) is 8.78 Å². The van der Waals surface area contributed by atoms with Gasteiger partial charge in [0.15, 0.2) is 11.6 Å². The summed E-state index contributed by atoms with van der Waals surface area (Å²) in [6.45, 7) is 2.34. The van der Waals surface area contributed by atoms with Gasteiger partial charge in [-0.05, 0) is 53.9 Å². The van der Waals surface area contributed by atoms with Crippen LogP contribution in [0.3, 0.4) is 0 Å². The quantitative estimate of drug-likeness (QED) is 0.596. The SMILES string of the molecule is Fc1ccc(CN2CCCn3cccc3[C@@H]2c2cccc(Cl)c2)cc1F. The summed E-state index contributed by atoms with van der Waals surface area (Å²) in [6.07, 6.45) is 3.08.